The Morgan fingerprint density at radius 3 is 2.50 bits per heavy atom. The van der Waals surface area contributed by atoms with Crippen LogP contribution >= 0.6 is 0 Å². The van der Waals surface area contributed by atoms with E-state index in [1.807, 2.05) is 0 Å². The Kier molecular flexibility index (Phi) is 5.00. The summed E-state index contributed by atoms with van der Waals surface area (Å²) in [5, 5.41) is 3.64. The predicted molar refractivity (Wildman–Crippen MR) is 95.1 cm³/mol. The van der Waals surface area contributed by atoms with Crippen molar-refractivity contribution in [1.29, 1.82) is 0 Å². The van der Waals surface area contributed by atoms with E-state index >= 15 is 0 Å². The summed E-state index contributed by atoms with van der Waals surface area (Å²) in [7, 11) is -3.96. The Morgan fingerprint density at radius 1 is 1.29 bits per heavy atom. The number of halogens is 3. The Labute approximate surface area is 159 Å². The highest BCUT2D eigenvalue weighted by Crippen LogP contribution is 2.32. The number of aromatic nitrogens is 3. The highest BCUT2D eigenvalue weighted by atomic mass is 32.2. The molecule has 0 radical (unpaired) electrons. The van der Waals surface area contributed by atoms with Crippen LogP contribution in [0.4, 0.5) is 13.2 Å². The molecule has 0 fully saturated rings. The van der Waals surface area contributed by atoms with E-state index in [2.05, 4.69) is 14.9 Å². The van der Waals surface area contributed by atoms with Crippen LogP contribution < -0.4 is 4.72 Å². The summed E-state index contributed by atoms with van der Waals surface area (Å²) in [6, 6.07) is 2.46. The van der Waals surface area contributed by atoms with Gasteiger partial charge in [-0.2, -0.15) is 13.2 Å². The molecule has 28 heavy (non-hydrogen) atoms. The molecule has 1 aromatic carbocycles. The summed E-state index contributed by atoms with van der Waals surface area (Å²) in [6.45, 7) is 6.65. The average molecular weight is 416 g/mol. The minimum absolute atomic E-state index is 0.0575. The van der Waals surface area contributed by atoms with E-state index in [1.54, 1.807) is 18.4 Å². The number of hydrogen-bond acceptors (Lipinski definition) is 5. The smallest absolute Gasteiger partial charge is 0.360 e. The molecular weight excluding hydrogens is 397 g/mol. The molecule has 0 aliphatic rings. The van der Waals surface area contributed by atoms with E-state index in [-0.39, 0.29) is 21.9 Å². The lowest BCUT2D eigenvalue weighted by Crippen LogP contribution is -2.29. The van der Waals surface area contributed by atoms with Gasteiger partial charge in [0.05, 0.1) is 22.6 Å². The van der Waals surface area contributed by atoms with Crippen LogP contribution in [0, 0.1) is 13.8 Å². The number of imidazole rings is 1. The van der Waals surface area contributed by atoms with Crippen molar-refractivity contribution < 1.29 is 26.1 Å². The van der Waals surface area contributed by atoms with Crippen molar-refractivity contribution in [1.82, 2.24) is 19.4 Å². The maximum Gasteiger partial charge on any atom is 0.416 e. The lowest BCUT2D eigenvalue weighted by Gasteiger charge is -2.15. The number of nitrogens with one attached hydrogen (secondary N) is 1. The van der Waals surface area contributed by atoms with Crippen LogP contribution in [-0.2, 0) is 22.7 Å². The van der Waals surface area contributed by atoms with Crippen LogP contribution in [0.25, 0.3) is 11.0 Å². The minimum Gasteiger partial charge on any atom is -0.360 e. The van der Waals surface area contributed by atoms with E-state index in [1.165, 1.54) is 19.9 Å². The van der Waals surface area contributed by atoms with E-state index < -0.39 is 27.8 Å². The van der Waals surface area contributed by atoms with Gasteiger partial charge >= 0.3 is 6.18 Å². The fourth-order valence-electron chi connectivity index (χ4n) is 3.18. The Hall–Kier alpha value is -2.40. The minimum atomic E-state index is -4.48. The third kappa shape index (κ3) is 3.51. The van der Waals surface area contributed by atoms with Crippen LogP contribution in [-0.4, -0.2) is 23.1 Å². The van der Waals surface area contributed by atoms with Crippen LogP contribution in [0.15, 0.2) is 27.6 Å². The molecule has 1 N–H and O–H groups in total. The van der Waals surface area contributed by atoms with Gasteiger partial charge in [0, 0.05) is 6.54 Å². The zero-order valence-electron chi connectivity index (χ0n) is 15.6. The van der Waals surface area contributed by atoms with Crippen molar-refractivity contribution in [2.24, 2.45) is 0 Å². The molecule has 0 aliphatic carbocycles. The molecule has 152 valence electrons. The predicted octanol–water partition coefficient (Wildman–Crippen LogP) is 3.72. The molecule has 7 nitrogen and oxygen atoms in total. The largest absolute Gasteiger partial charge is 0.416 e. The quantitative estimate of drug-likeness (QED) is 0.685. The molecular formula is C17H19F3N4O3S. The Morgan fingerprint density at radius 2 is 1.96 bits per heavy atom. The van der Waals surface area contributed by atoms with E-state index in [0.29, 0.717) is 17.9 Å². The van der Waals surface area contributed by atoms with Gasteiger partial charge in [0.25, 0.3) is 0 Å². The van der Waals surface area contributed by atoms with Crippen molar-refractivity contribution in [3.63, 3.8) is 0 Å². The second kappa shape index (κ2) is 6.89. The molecule has 0 bridgehead atoms. The fourth-order valence-corrected chi connectivity index (χ4v) is 4.71. The lowest BCUT2D eigenvalue weighted by atomic mass is 10.2. The maximum absolute atomic E-state index is 13.0. The highest BCUT2D eigenvalue weighted by molar-refractivity contribution is 7.89. The second-order valence-electron chi connectivity index (χ2n) is 6.41. The number of rotatable bonds is 5. The molecule has 3 rings (SSSR count). The maximum atomic E-state index is 13.0. The van der Waals surface area contributed by atoms with Gasteiger partial charge < -0.3 is 9.09 Å². The standard InChI is InChI=1S/C17H19F3N4O3S/c1-5-24-14-8-12(17(18,19)20)6-7-13(14)21-16(24)10(3)23-28(25,26)15-9(2)22-27-11(15)4/h6-8,10,23H,5H2,1-4H3/t10-/m1/s1. The third-order valence-corrected chi connectivity index (χ3v) is 6.16. The van der Waals surface area contributed by atoms with E-state index in [4.69, 9.17) is 4.52 Å². The molecule has 0 aliphatic heterocycles. The molecule has 3 aromatic rings. The van der Waals surface area contributed by atoms with Gasteiger partial charge in [0.1, 0.15) is 16.4 Å². The Bertz CT molecular complexity index is 1110. The first-order valence-electron chi connectivity index (χ1n) is 8.48. The first-order valence-corrected chi connectivity index (χ1v) is 9.96. The van der Waals surface area contributed by atoms with Gasteiger partial charge in [-0.05, 0) is 45.9 Å². The van der Waals surface area contributed by atoms with E-state index in [9.17, 15) is 21.6 Å². The number of nitrogens with zero attached hydrogens (tertiary/aromatic N) is 3. The number of benzene rings is 1. The SMILES string of the molecule is CCn1c([C@@H](C)NS(=O)(=O)c2c(C)noc2C)nc2ccc(C(F)(F)F)cc21. The third-order valence-electron chi connectivity index (χ3n) is 4.38. The topological polar surface area (TPSA) is 90.0 Å². The number of alkyl halides is 3. The molecule has 0 amide bonds. The summed E-state index contributed by atoms with van der Waals surface area (Å²) < 4.78 is 73.5. The number of sulfonamides is 1. The van der Waals surface area contributed by atoms with Crippen molar-refractivity contribution in [2.75, 3.05) is 0 Å². The molecule has 2 heterocycles. The zero-order valence-corrected chi connectivity index (χ0v) is 16.4. The summed E-state index contributed by atoms with van der Waals surface area (Å²) in [5.41, 5.74) is 0.0741. The summed E-state index contributed by atoms with van der Waals surface area (Å²) >= 11 is 0. The number of aryl methyl sites for hydroxylation is 3. The Balaban J connectivity index is 2.03. The van der Waals surface area contributed by atoms with Crippen molar-refractivity contribution in [2.45, 2.75) is 51.4 Å². The van der Waals surface area contributed by atoms with Gasteiger partial charge in [-0.1, -0.05) is 5.16 Å². The molecule has 1 atom stereocenters. The average Bonchev–Trinajstić information content (AvgIpc) is 3.12. The van der Waals surface area contributed by atoms with Gasteiger partial charge in [0.2, 0.25) is 10.0 Å². The number of hydrogen-bond donors (Lipinski definition) is 1. The van der Waals surface area contributed by atoms with Gasteiger partial charge in [0.15, 0.2) is 5.76 Å². The molecule has 0 spiro atoms. The first-order chi connectivity index (χ1) is 13.0. The molecule has 0 unspecified atom stereocenters. The normalized spacial score (nSPS) is 14.0. The van der Waals surface area contributed by atoms with Gasteiger partial charge in [-0.25, -0.2) is 18.1 Å². The molecule has 0 saturated heterocycles. The van der Waals surface area contributed by atoms with Crippen LogP contribution in [0.3, 0.4) is 0 Å². The van der Waals surface area contributed by atoms with Gasteiger partial charge in [-0.15, -0.1) is 0 Å². The molecule has 11 heteroatoms. The van der Waals surface area contributed by atoms with Crippen LogP contribution in [0.5, 0.6) is 0 Å². The van der Waals surface area contributed by atoms with Gasteiger partial charge in [-0.3, -0.25) is 0 Å². The van der Waals surface area contributed by atoms with Crippen molar-refractivity contribution in [3.05, 3.63) is 41.0 Å². The first kappa shape index (κ1) is 20.3. The summed E-state index contributed by atoms with van der Waals surface area (Å²) in [5.74, 6) is 0.461. The van der Waals surface area contributed by atoms with Crippen LogP contribution in [0.1, 0.15) is 42.7 Å². The van der Waals surface area contributed by atoms with E-state index in [0.717, 1.165) is 12.1 Å². The fraction of sp³-hybridized carbons (Fsp3) is 0.412. The molecule has 0 saturated carbocycles. The number of fused-ring (bicyclic) bond motifs is 1. The highest BCUT2D eigenvalue weighted by Gasteiger charge is 2.32. The molecule has 2 aromatic heterocycles. The van der Waals surface area contributed by atoms with Crippen LogP contribution in [0.2, 0.25) is 0 Å². The second-order valence-corrected chi connectivity index (χ2v) is 8.06. The van der Waals surface area contributed by atoms with Crippen molar-refractivity contribution in [3.8, 4) is 0 Å². The zero-order chi connectivity index (χ0) is 20.9. The summed E-state index contributed by atoms with van der Waals surface area (Å²) in [4.78, 5) is 4.29. The van der Waals surface area contributed by atoms with Crippen molar-refractivity contribution >= 4 is 21.1 Å². The summed E-state index contributed by atoms with van der Waals surface area (Å²) in [6.07, 6.45) is -4.48. The lowest BCUT2D eigenvalue weighted by molar-refractivity contribution is -0.137. The monoisotopic (exact) mass is 416 g/mol.